The van der Waals surface area contributed by atoms with E-state index in [9.17, 15) is 9.59 Å². The molecular weight excluding hydrogens is 338 g/mol. The van der Waals surface area contributed by atoms with Gasteiger partial charge in [-0.25, -0.2) is 0 Å². The Balaban J connectivity index is 1.61. The minimum absolute atomic E-state index is 0.0318. The van der Waals surface area contributed by atoms with Crippen LogP contribution in [0.2, 0.25) is 0 Å². The molecule has 2 aliphatic rings. The predicted octanol–water partition coefficient (Wildman–Crippen LogP) is 2.84. The van der Waals surface area contributed by atoms with E-state index in [-0.39, 0.29) is 17.9 Å². The van der Waals surface area contributed by atoms with Crippen LogP contribution < -0.4 is 5.32 Å². The lowest BCUT2D eigenvalue weighted by atomic mass is 9.95. The Hall–Kier alpha value is -1.88. The van der Waals surface area contributed by atoms with E-state index in [0.29, 0.717) is 19.0 Å². The molecule has 0 unspecified atom stereocenters. The van der Waals surface area contributed by atoms with Crippen LogP contribution in [-0.4, -0.2) is 60.4 Å². The lowest BCUT2D eigenvalue weighted by Gasteiger charge is -2.40. The Bertz CT molecular complexity index is 629. The van der Waals surface area contributed by atoms with Crippen molar-refractivity contribution in [1.82, 2.24) is 15.1 Å². The van der Waals surface area contributed by atoms with Crippen LogP contribution in [0.4, 0.5) is 0 Å². The van der Waals surface area contributed by atoms with Crippen molar-refractivity contribution >= 4 is 11.8 Å². The molecule has 1 heterocycles. The fourth-order valence-corrected chi connectivity index (χ4v) is 4.39. The highest BCUT2D eigenvalue weighted by Gasteiger charge is 2.37. The van der Waals surface area contributed by atoms with Gasteiger partial charge in [0, 0.05) is 38.3 Å². The van der Waals surface area contributed by atoms with E-state index in [1.54, 1.807) is 0 Å². The molecule has 1 N–H and O–H groups in total. The summed E-state index contributed by atoms with van der Waals surface area (Å²) in [7, 11) is 0. The van der Waals surface area contributed by atoms with Gasteiger partial charge in [-0.3, -0.25) is 14.5 Å². The van der Waals surface area contributed by atoms with Gasteiger partial charge in [-0.1, -0.05) is 37.5 Å². The molecule has 1 aromatic carbocycles. The van der Waals surface area contributed by atoms with Gasteiger partial charge < -0.3 is 10.2 Å². The molecule has 5 nitrogen and oxygen atoms in total. The summed E-state index contributed by atoms with van der Waals surface area (Å²) in [6, 6.07) is 7.75. The standard InChI is InChI=1S/C22H33N3O2/c1-3-12-23-21(26)20(18-6-4-5-7-18)24-13-15-25(16-14-24)22(27)19-10-8-17(2)9-11-19/h8-11,18,20H,3-7,12-16H2,1-2H3,(H,23,26)/t20-/m0/s1. The van der Waals surface area contributed by atoms with E-state index in [4.69, 9.17) is 0 Å². The molecule has 1 aliphatic carbocycles. The average molecular weight is 372 g/mol. The first-order valence-electron chi connectivity index (χ1n) is 10.5. The van der Waals surface area contributed by atoms with Crippen molar-refractivity contribution in [2.45, 2.75) is 52.0 Å². The molecule has 1 atom stereocenters. The third kappa shape index (κ3) is 4.89. The summed E-state index contributed by atoms with van der Waals surface area (Å²) in [5, 5.41) is 3.11. The second kappa shape index (κ2) is 9.36. The molecule has 5 heteroatoms. The second-order valence-electron chi connectivity index (χ2n) is 7.97. The molecule has 1 aliphatic heterocycles. The zero-order chi connectivity index (χ0) is 19.2. The highest BCUT2D eigenvalue weighted by atomic mass is 16.2. The van der Waals surface area contributed by atoms with Crippen LogP contribution >= 0.6 is 0 Å². The number of hydrogen-bond acceptors (Lipinski definition) is 3. The quantitative estimate of drug-likeness (QED) is 0.837. The SMILES string of the molecule is CCCNC(=O)[C@H](C1CCCC1)N1CCN(C(=O)c2ccc(C)cc2)CC1. The normalized spacial score (nSPS) is 19.9. The Labute approximate surface area is 163 Å². The Morgan fingerprint density at radius 3 is 2.30 bits per heavy atom. The largest absolute Gasteiger partial charge is 0.355 e. The molecule has 27 heavy (non-hydrogen) atoms. The fourth-order valence-electron chi connectivity index (χ4n) is 4.39. The van der Waals surface area contributed by atoms with Crippen LogP contribution in [0, 0.1) is 12.8 Å². The molecule has 3 rings (SSSR count). The fraction of sp³-hybridized carbons (Fsp3) is 0.636. The summed E-state index contributed by atoms with van der Waals surface area (Å²) in [5.74, 6) is 0.741. The topological polar surface area (TPSA) is 52.7 Å². The van der Waals surface area contributed by atoms with Gasteiger partial charge in [-0.15, -0.1) is 0 Å². The van der Waals surface area contributed by atoms with Gasteiger partial charge in [0.2, 0.25) is 5.91 Å². The van der Waals surface area contributed by atoms with Crippen LogP contribution in [0.1, 0.15) is 54.9 Å². The summed E-state index contributed by atoms with van der Waals surface area (Å²) >= 11 is 0. The molecule has 1 saturated heterocycles. The number of amides is 2. The van der Waals surface area contributed by atoms with Gasteiger partial charge in [-0.2, -0.15) is 0 Å². The first kappa shape index (κ1) is 19.9. The van der Waals surface area contributed by atoms with Gasteiger partial charge in [0.25, 0.3) is 5.91 Å². The number of aryl methyl sites for hydroxylation is 1. The van der Waals surface area contributed by atoms with Crippen LogP contribution in [0.25, 0.3) is 0 Å². The molecule has 0 radical (unpaired) electrons. The molecule has 148 valence electrons. The van der Waals surface area contributed by atoms with Gasteiger partial charge in [0.15, 0.2) is 0 Å². The number of piperazine rings is 1. The van der Waals surface area contributed by atoms with Crippen LogP contribution in [0.3, 0.4) is 0 Å². The smallest absolute Gasteiger partial charge is 0.253 e. The summed E-state index contributed by atoms with van der Waals surface area (Å²) < 4.78 is 0. The lowest BCUT2D eigenvalue weighted by Crippen LogP contribution is -2.58. The Morgan fingerprint density at radius 1 is 1.07 bits per heavy atom. The molecule has 2 amide bonds. The second-order valence-corrected chi connectivity index (χ2v) is 7.97. The van der Waals surface area contributed by atoms with E-state index >= 15 is 0 Å². The maximum absolute atomic E-state index is 12.8. The third-order valence-corrected chi connectivity index (χ3v) is 5.96. The molecule has 2 fully saturated rings. The number of hydrogen-bond donors (Lipinski definition) is 1. The first-order valence-corrected chi connectivity index (χ1v) is 10.5. The zero-order valence-corrected chi connectivity index (χ0v) is 16.7. The van der Waals surface area contributed by atoms with Crippen molar-refractivity contribution in [2.75, 3.05) is 32.7 Å². The number of rotatable bonds is 6. The maximum atomic E-state index is 12.8. The van der Waals surface area contributed by atoms with E-state index < -0.39 is 0 Å². The highest BCUT2D eigenvalue weighted by Crippen LogP contribution is 2.31. The van der Waals surface area contributed by atoms with Crippen molar-refractivity contribution in [2.24, 2.45) is 5.92 Å². The Kier molecular flexibility index (Phi) is 6.89. The van der Waals surface area contributed by atoms with Gasteiger partial charge in [0.05, 0.1) is 6.04 Å². The zero-order valence-electron chi connectivity index (χ0n) is 16.7. The van der Waals surface area contributed by atoms with Crippen molar-refractivity contribution < 1.29 is 9.59 Å². The predicted molar refractivity (Wildman–Crippen MR) is 108 cm³/mol. The van der Waals surface area contributed by atoms with E-state index in [0.717, 1.165) is 50.0 Å². The van der Waals surface area contributed by atoms with Crippen molar-refractivity contribution in [1.29, 1.82) is 0 Å². The summed E-state index contributed by atoms with van der Waals surface area (Å²) in [6.07, 6.45) is 5.71. The van der Waals surface area contributed by atoms with Gasteiger partial charge in [-0.05, 0) is 44.2 Å². The van der Waals surface area contributed by atoms with Gasteiger partial charge >= 0.3 is 0 Å². The molecule has 0 spiro atoms. The van der Waals surface area contributed by atoms with Crippen LogP contribution in [0.5, 0.6) is 0 Å². The molecular formula is C22H33N3O2. The molecule has 0 aromatic heterocycles. The van der Waals surface area contributed by atoms with E-state index in [2.05, 4.69) is 17.1 Å². The lowest BCUT2D eigenvalue weighted by molar-refractivity contribution is -0.129. The van der Waals surface area contributed by atoms with Crippen molar-refractivity contribution in [3.8, 4) is 0 Å². The number of nitrogens with zero attached hydrogens (tertiary/aromatic N) is 2. The number of carbonyl (C=O) groups excluding carboxylic acids is 2. The first-order chi connectivity index (χ1) is 13.1. The van der Waals surface area contributed by atoms with Crippen LogP contribution in [0.15, 0.2) is 24.3 Å². The minimum atomic E-state index is -0.0318. The highest BCUT2D eigenvalue weighted by molar-refractivity contribution is 5.94. The summed E-state index contributed by atoms with van der Waals surface area (Å²) in [6.45, 7) is 7.79. The number of benzene rings is 1. The molecule has 0 bridgehead atoms. The average Bonchev–Trinajstić information content (AvgIpc) is 3.21. The minimum Gasteiger partial charge on any atom is -0.355 e. The number of carbonyl (C=O) groups is 2. The van der Waals surface area contributed by atoms with Gasteiger partial charge in [0.1, 0.15) is 0 Å². The Morgan fingerprint density at radius 2 is 1.70 bits per heavy atom. The van der Waals surface area contributed by atoms with Crippen LogP contribution in [-0.2, 0) is 4.79 Å². The monoisotopic (exact) mass is 371 g/mol. The molecule has 1 aromatic rings. The summed E-state index contributed by atoms with van der Waals surface area (Å²) in [5.41, 5.74) is 1.91. The van der Waals surface area contributed by atoms with Crippen molar-refractivity contribution in [3.05, 3.63) is 35.4 Å². The molecule has 1 saturated carbocycles. The van der Waals surface area contributed by atoms with Crippen molar-refractivity contribution in [3.63, 3.8) is 0 Å². The maximum Gasteiger partial charge on any atom is 0.253 e. The third-order valence-electron chi connectivity index (χ3n) is 5.96. The summed E-state index contributed by atoms with van der Waals surface area (Å²) in [4.78, 5) is 29.8. The van der Waals surface area contributed by atoms with E-state index in [1.807, 2.05) is 36.1 Å². The van der Waals surface area contributed by atoms with E-state index in [1.165, 1.54) is 12.8 Å². The number of nitrogens with one attached hydrogen (secondary N) is 1.